The maximum absolute atomic E-state index is 13.0. The van der Waals surface area contributed by atoms with E-state index in [1.165, 1.54) is 20.3 Å². The largest absolute Gasteiger partial charge is 0.493 e. The van der Waals surface area contributed by atoms with E-state index in [-0.39, 0.29) is 4.90 Å². The van der Waals surface area contributed by atoms with Crippen molar-refractivity contribution >= 4 is 43.0 Å². The lowest BCUT2D eigenvalue weighted by Crippen LogP contribution is -2.14. The zero-order valence-corrected chi connectivity index (χ0v) is 17.2. The predicted molar refractivity (Wildman–Crippen MR) is 108 cm³/mol. The van der Waals surface area contributed by atoms with Crippen LogP contribution in [-0.2, 0) is 10.0 Å². The first-order valence-electron chi connectivity index (χ1n) is 7.53. The van der Waals surface area contributed by atoms with Gasteiger partial charge in [0.1, 0.15) is 4.90 Å². The molecule has 0 aliphatic carbocycles. The molecule has 0 saturated heterocycles. The lowest BCUT2D eigenvalue weighted by Gasteiger charge is -2.15. The van der Waals surface area contributed by atoms with Crippen molar-refractivity contribution < 1.29 is 17.9 Å². The van der Waals surface area contributed by atoms with Gasteiger partial charge in [0.25, 0.3) is 10.0 Å². The van der Waals surface area contributed by atoms with Crippen molar-refractivity contribution in [2.24, 2.45) is 0 Å². The van der Waals surface area contributed by atoms with E-state index in [9.17, 15) is 8.42 Å². The van der Waals surface area contributed by atoms with Crippen LogP contribution in [0.4, 0.5) is 5.69 Å². The van der Waals surface area contributed by atoms with Crippen LogP contribution in [0.1, 0.15) is 0 Å². The molecule has 0 fully saturated rings. The summed E-state index contributed by atoms with van der Waals surface area (Å²) >= 11 is 4.85. The molecule has 0 amide bonds. The molecule has 0 radical (unpaired) electrons. The highest BCUT2D eigenvalue weighted by Crippen LogP contribution is 2.37. The van der Waals surface area contributed by atoms with Crippen LogP contribution in [-0.4, -0.2) is 22.6 Å². The first-order chi connectivity index (χ1) is 12.5. The van der Waals surface area contributed by atoms with Gasteiger partial charge in [0.15, 0.2) is 11.5 Å². The summed E-state index contributed by atoms with van der Waals surface area (Å²) in [5.74, 6) is 0.778. The van der Waals surface area contributed by atoms with E-state index < -0.39 is 10.0 Å². The molecular formula is C18H16BrNO4S2. The summed E-state index contributed by atoms with van der Waals surface area (Å²) in [6, 6.07) is 14.2. The summed E-state index contributed by atoms with van der Waals surface area (Å²) in [6.07, 6.45) is 0. The van der Waals surface area contributed by atoms with Crippen molar-refractivity contribution in [2.75, 3.05) is 18.9 Å². The van der Waals surface area contributed by atoms with Crippen molar-refractivity contribution in [1.29, 1.82) is 0 Å². The van der Waals surface area contributed by atoms with Gasteiger partial charge in [0, 0.05) is 21.0 Å². The molecule has 3 aromatic rings. The van der Waals surface area contributed by atoms with Gasteiger partial charge in [0.2, 0.25) is 0 Å². The van der Waals surface area contributed by atoms with Gasteiger partial charge in [-0.1, -0.05) is 24.3 Å². The standard InChI is InChI=1S/C18H16BrNO4S2/c1-23-15-10-13(19)18(11-16(15)24-2)26(21,22)20-14-7-4-3-6-12(14)17-8-5-9-25-17/h3-11,20H,1-2H3. The number of hydrogen-bond acceptors (Lipinski definition) is 5. The topological polar surface area (TPSA) is 64.6 Å². The summed E-state index contributed by atoms with van der Waals surface area (Å²) in [7, 11) is -0.889. The van der Waals surface area contributed by atoms with Gasteiger partial charge < -0.3 is 9.47 Å². The monoisotopic (exact) mass is 453 g/mol. The molecule has 1 aromatic heterocycles. The summed E-state index contributed by atoms with van der Waals surface area (Å²) in [6.45, 7) is 0. The first-order valence-corrected chi connectivity index (χ1v) is 10.7. The first kappa shape index (κ1) is 18.8. The van der Waals surface area contributed by atoms with Gasteiger partial charge in [-0.15, -0.1) is 11.3 Å². The Bertz CT molecular complexity index is 1020. The van der Waals surface area contributed by atoms with Gasteiger partial charge in [-0.2, -0.15) is 0 Å². The molecular weight excluding hydrogens is 438 g/mol. The number of thiophene rings is 1. The summed E-state index contributed by atoms with van der Waals surface area (Å²) in [5.41, 5.74) is 1.33. The molecule has 8 heteroatoms. The Balaban J connectivity index is 2.04. The lowest BCUT2D eigenvalue weighted by molar-refractivity contribution is 0.353. The van der Waals surface area contributed by atoms with Gasteiger partial charge in [-0.25, -0.2) is 8.42 Å². The van der Waals surface area contributed by atoms with E-state index in [2.05, 4.69) is 20.7 Å². The second-order valence-electron chi connectivity index (χ2n) is 5.27. The number of benzene rings is 2. The number of halogens is 1. The second kappa shape index (κ2) is 7.69. The molecule has 3 rings (SSSR count). The molecule has 0 aliphatic heterocycles. The highest BCUT2D eigenvalue weighted by molar-refractivity contribution is 9.10. The normalized spacial score (nSPS) is 11.2. The smallest absolute Gasteiger partial charge is 0.263 e. The van der Waals surface area contributed by atoms with Crippen molar-refractivity contribution in [3.63, 3.8) is 0 Å². The SMILES string of the molecule is COc1cc(Br)c(S(=O)(=O)Nc2ccccc2-c2cccs2)cc1OC. The molecule has 0 aliphatic rings. The van der Waals surface area contributed by atoms with Crippen LogP contribution in [0.25, 0.3) is 10.4 Å². The van der Waals surface area contributed by atoms with Crippen LogP contribution in [0.3, 0.4) is 0 Å². The summed E-state index contributed by atoms with van der Waals surface area (Å²) in [4.78, 5) is 1.05. The van der Waals surface area contributed by atoms with Gasteiger partial charge >= 0.3 is 0 Å². The van der Waals surface area contributed by atoms with Gasteiger partial charge in [0.05, 0.1) is 19.9 Å². The van der Waals surface area contributed by atoms with Crippen molar-refractivity contribution in [2.45, 2.75) is 4.90 Å². The number of rotatable bonds is 6. The minimum Gasteiger partial charge on any atom is -0.493 e. The van der Waals surface area contributed by atoms with Crippen molar-refractivity contribution in [1.82, 2.24) is 0 Å². The quantitative estimate of drug-likeness (QED) is 0.570. The number of methoxy groups -OCH3 is 2. The predicted octanol–water partition coefficient (Wildman–Crippen LogP) is 5.00. The average Bonchev–Trinajstić information content (AvgIpc) is 3.15. The maximum Gasteiger partial charge on any atom is 0.263 e. The summed E-state index contributed by atoms with van der Waals surface area (Å²) < 4.78 is 39.4. The van der Waals surface area contributed by atoms with Crippen LogP contribution in [0, 0.1) is 0 Å². The Kier molecular flexibility index (Phi) is 5.55. The van der Waals surface area contributed by atoms with E-state index in [4.69, 9.17) is 9.47 Å². The summed E-state index contributed by atoms with van der Waals surface area (Å²) in [5, 5.41) is 1.95. The Hall–Kier alpha value is -2.03. The van der Waals surface area contributed by atoms with Crippen molar-refractivity contribution in [3.05, 3.63) is 58.4 Å². The fourth-order valence-electron chi connectivity index (χ4n) is 2.46. The second-order valence-corrected chi connectivity index (χ2v) is 8.72. The van der Waals surface area contributed by atoms with E-state index in [0.29, 0.717) is 21.7 Å². The van der Waals surface area contributed by atoms with Gasteiger partial charge in [-0.05, 0) is 39.5 Å². The Morgan fingerprint density at radius 2 is 1.69 bits per heavy atom. The number of para-hydroxylation sites is 1. The van der Waals surface area contributed by atoms with Crippen LogP contribution >= 0.6 is 27.3 Å². The minimum atomic E-state index is -3.84. The fraction of sp³-hybridized carbons (Fsp3) is 0.111. The number of sulfonamides is 1. The molecule has 2 aromatic carbocycles. The third-order valence-corrected chi connectivity index (χ3v) is 6.91. The molecule has 26 heavy (non-hydrogen) atoms. The van der Waals surface area contributed by atoms with Crippen molar-refractivity contribution in [3.8, 4) is 21.9 Å². The molecule has 0 saturated carbocycles. The van der Waals surface area contributed by atoms with E-state index in [1.54, 1.807) is 29.5 Å². The number of hydrogen-bond donors (Lipinski definition) is 1. The third-order valence-electron chi connectivity index (χ3n) is 3.69. The van der Waals surface area contributed by atoms with E-state index in [1.807, 2.05) is 29.6 Å². The van der Waals surface area contributed by atoms with E-state index >= 15 is 0 Å². The lowest BCUT2D eigenvalue weighted by atomic mass is 10.1. The molecule has 5 nitrogen and oxygen atoms in total. The molecule has 0 atom stereocenters. The Labute approximate surface area is 164 Å². The zero-order chi connectivity index (χ0) is 18.7. The van der Waals surface area contributed by atoms with Crippen LogP contribution in [0.2, 0.25) is 0 Å². The number of anilines is 1. The molecule has 0 spiro atoms. The highest BCUT2D eigenvalue weighted by atomic mass is 79.9. The van der Waals surface area contributed by atoms with E-state index in [0.717, 1.165) is 10.4 Å². The molecule has 0 unspecified atom stereocenters. The van der Waals surface area contributed by atoms with Crippen LogP contribution in [0.15, 0.2) is 63.3 Å². The number of ether oxygens (including phenoxy) is 2. The molecule has 1 heterocycles. The third kappa shape index (κ3) is 3.72. The Morgan fingerprint density at radius 3 is 2.35 bits per heavy atom. The fourth-order valence-corrected chi connectivity index (χ4v) is 5.34. The van der Waals surface area contributed by atoms with Crippen LogP contribution in [0.5, 0.6) is 11.5 Å². The van der Waals surface area contributed by atoms with Gasteiger partial charge in [-0.3, -0.25) is 4.72 Å². The van der Waals surface area contributed by atoms with Crippen LogP contribution < -0.4 is 14.2 Å². The molecule has 0 bridgehead atoms. The Morgan fingerprint density at radius 1 is 1.00 bits per heavy atom. The molecule has 1 N–H and O–H groups in total. The highest BCUT2D eigenvalue weighted by Gasteiger charge is 2.22. The average molecular weight is 454 g/mol. The maximum atomic E-state index is 13.0. The molecule has 136 valence electrons. The minimum absolute atomic E-state index is 0.0659. The zero-order valence-electron chi connectivity index (χ0n) is 14.0. The number of nitrogens with one attached hydrogen (secondary N) is 1.